The lowest BCUT2D eigenvalue weighted by molar-refractivity contribution is -0.129. The van der Waals surface area contributed by atoms with Crippen LogP contribution in [0.4, 0.5) is 14.9 Å². The van der Waals surface area contributed by atoms with Crippen molar-refractivity contribution in [2.75, 3.05) is 18.4 Å². The molecule has 8 nitrogen and oxygen atoms in total. The van der Waals surface area contributed by atoms with Crippen molar-refractivity contribution < 1.29 is 18.8 Å². The maximum atomic E-state index is 13.0. The van der Waals surface area contributed by atoms with Gasteiger partial charge in [0.15, 0.2) is 0 Å². The second-order valence-corrected chi connectivity index (χ2v) is 8.45. The van der Waals surface area contributed by atoms with Crippen LogP contribution >= 0.6 is 0 Å². The largest absolute Gasteiger partial charge is 0.353 e. The van der Waals surface area contributed by atoms with Crippen LogP contribution in [-0.2, 0) is 16.1 Å². The van der Waals surface area contributed by atoms with E-state index in [1.165, 1.54) is 12.1 Å². The smallest absolute Gasteiger partial charge is 0.319 e. The lowest BCUT2D eigenvalue weighted by Crippen LogP contribution is -2.58. The van der Waals surface area contributed by atoms with E-state index in [1.54, 1.807) is 12.1 Å². The van der Waals surface area contributed by atoms with Gasteiger partial charge in [-0.05, 0) is 42.7 Å². The Morgan fingerprint density at radius 3 is 2.61 bits per heavy atom. The normalized spacial score (nSPS) is 22.2. The maximum absolute atomic E-state index is 13.0. The van der Waals surface area contributed by atoms with E-state index < -0.39 is 0 Å². The van der Waals surface area contributed by atoms with E-state index in [0.29, 0.717) is 44.6 Å². The average molecular weight is 454 g/mol. The fourth-order valence-corrected chi connectivity index (χ4v) is 4.41. The van der Waals surface area contributed by atoms with Gasteiger partial charge < -0.3 is 21.3 Å². The molecule has 4 rings (SSSR count). The van der Waals surface area contributed by atoms with Gasteiger partial charge in [-0.25, -0.2) is 9.18 Å². The minimum Gasteiger partial charge on any atom is -0.353 e. The molecule has 4 amide bonds. The molecular formula is C24H28FN5O3. The molecule has 2 aliphatic rings. The first-order valence-corrected chi connectivity index (χ1v) is 11.1. The molecule has 0 saturated carbocycles. The van der Waals surface area contributed by atoms with Crippen molar-refractivity contribution in [2.45, 2.75) is 43.9 Å². The van der Waals surface area contributed by atoms with E-state index in [9.17, 15) is 18.8 Å². The molecule has 2 aromatic rings. The van der Waals surface area contributed by atoms with Crippen molar-refractivity contribution in [3.05, 3.63) is 66.0 Å². The molecule has 2 aromatic carbocycles. The Hall–Kier alpha value is -3.46. The van der Waals surface area contributed by atoms with Crippen LogP contribution in [0.15, 0.2) is 54.6 Å². The zero-order valence-corrected chi connectivity index (χ0v) is 18.2. The number of piperazine rings is 1. The molecule has 33 heavy (non-hydrogen) atoms. The van der Waals surface area contributed by atoms with Gasteiger partial charge >= 0.3 is 6.03 Å². The van der Waals surface area contributed by atoms with Gasteiger partial charge in [-0.1, -0.05) is 30.3 Å². The monoisotopic (exact) mass is 453 g/mol. The average Bonchev–Trinajstić information content (AvgIpc) is 3.23. The molecule has 2 fully saturated rings. The van der Waals surface area contributed by atoms with Crippen LogP contribution < -0.4 is 21.3 Å². The molecule has 2 saturated heterocycles. The van der Waals surface area contributed by atoms with Crippen molar-refractivity contribution in [2.24, 2.45) is 0 Å². The first-order chi connectivity index (χ1) is 16.0. The minimum absolute atomic E-state index is 0.0215. The molecule has 0 spiro atoms. The molecule has 174 valence electrons. The Balaban J connectivity index is 1.25. The Labute approximate surface area is 191 Å². The summed E-state index contributed by atoms with van der Waals surface area (Å²) in [5, 5.41) is 11.5. The Morgan fingerprint density at radius 2 is 1.85 bits per heavy atom. The highest BCUT2D eigenvalue weighted by Crippen LogP contribution is 2.26. The summed E-state index contributed by atoms with van der Waals surface area (Å²) in [6.45, 7) is 1.38. The number of fused-ring (bicyclic) bond motifs is 1. The predicted octanol–water partition coefficient (Wildman–Crippen LogP) is 1.99. The van der Waals surface area contributed by atoms with E-state index in [1.807, 2.05) is 30.3 Å². The molecule has 4 N–H and O–H groups in total. The number of hydrogen-bond acceptors (Lipinski definition) is 4. The van der Waals surface area contributed by atoms with Crippen molar-refractivity contribution in [1.82, 2.24) is 20.9 Å². The predicted molar refractivity (Wildman–Crippen MR) is 122 cm³/mol. The van der Waals surface area contributed by atoms with Gasteiger partial charge in [0.25, 0.3) is 0 Å². The number of amides is 4. The summed E-state index contributed by atoms with van der Waals surface area (Å²) >= 11 is 0. The van der Waals surface area contributed by atoms with Gasteiger partial charge in [-0.3, -0.25) is 14.5 Å². The Bertz CT molecular complexity index is 985. The van der Waals surface area contributed by atoms with Gasteiger partial charge in [0.1, 0.15) is 5.82 Å². The topological polar surface area (TPSA) is 103 Å². The number of nitrogens with zero attached hydrogens (tertiary/aromatic N) is 1. The molecule has 0 aromatic heterocycles. The van der Waals surface area contributed by atoms with E-state index in [2.05, 4.69) is 26.2 Å². The molecule has 9 heteroatoms. The van der Waals surface area contributed by atoms with Gasteiger partial charge in [0.2, 0.25) is 11.8 Å². The summed E-state index contributed by atoms with van der Waals surface area (Å²) in [6, 6.07) is 14.4. The van der Waals surface area contributed by atoms with Crippen molar-refractivity contribution >= 4 is 23.5 Å². The number of para-hydroxylation sites is 1. The second-order valence-electron chi connectivity index (χ2n) is 8.45. The van der Waals surface area contributed by atoms with E-state index >= 15 is 0 Å². The molecule has 3 atom stereocenters. The van der Waals surface area contributed by atoms with Crippen molar-refractivity contribution in [1.29, 1.82) is 0 Å². The number of urea groups is 1. The SMILES string of the molecule is O=C(CCC1CNC(=O)C2CC(NC(=O)Nc3ccccc3)CN12)NCc1ccc(F)cc1. The number of hydrogen-bond donors (Lipinski definition) is 4. The van der Waals surface area contributed by atoms with E-state index in [-0.39, 0.29) is 41.8 Å². The first-order valence-electron chi connectivity index (χ1n) is 11.1. The third-order valence-corrected chi connectivity index (χ3v) is 6.10. The summed E-state index contributed by atoms with van der Waals surface area (Å²) in [5.74, 6) is -0.446. The van der Waals surface area contributed by atoms with Crippen LogP contribution in [0.2, 0.25) is 0 Å². The van der Waals surface area contributed by atoms with E-state index in [0.717, 1.165) is 5.56 Å². The second kappa shape index (κ2) is 10.4. The van der Waals surface area contributed by atoms with Crippen LogP contribution in [0.25, 0.3) is 0 Å². The van der Waals surface area contributed by atoms with Crippen LogP contribution in [0, 0.1) is 5.82 Å². The van der Waals surface area contributed by atoms with Crippen LogP contribution in [0.3, 0.4) is 0 Å². The van der Waals surface area contributed by atoms with Gasteiger partial charge in [-0.15, -0.1) is 0 Å². The van der Waals surface area contributed by atoms with Crippen molar-refractivity contribution in [3.63, 3.8) is 0 Å². The molecule has 3 unspecified atom stereocenters. The Morgan fingerprint density at radius 1 is 1.09 bits per heavy atom. The Kier molecular flexibility index (Phi) is 7.19. The summed E-state index contributed by atoms with van der Waals surface area (Å²) in [6.07, 6.45) is 1.44. The zero-order valence-electron chi connectivity index (χ0n) is 18.2. The first kappa shape index (κ1) is 22.7. The number of carbonyl (C=O) groups excluding carboxylic acids is 3. The quantitative estimate of drug-likeness (QED) is 0.515. The van der Waals surface area contributed by atoms with Gasteiger partial charge in [0.05, 0.1) is 6.04 Å². The number of halogens is 1. The minimum atomic E-state index is -0.312. The van der Waals surface area contributed by atoms with Crippen molar-refractivity contribution in [3.8, 4) is 0 Å². The lowest BCUT2D eigenvalue weighted by Gasteiger charge is -2.37. The highest BCUT2D eigenvalue weighted by Gasteiger charge is 2.43. The van der Waals surface area contributed by atoms with E-state index in [4.69, 9.17) is 0 Å². The number of nitrogens with one attached hydrogen (secondary N) is 4. The summed E-state index contributed by atoms with van der Waals surface area (Å²) in [5.41, 5.74) is 1.53. The van der Waals surface area contributed by atoms with Gasteiger partial charge in [-0.2, -0.15) is 0 Å². The highest BCUT2D eigenvalue weighted by atomic mass is 19.1. The third-order valence-electron chi connectivity index (χ3n) is 6.10. The zero-order chi connectivity index (χ0) is 23.2. The molecule has 0 aliphatic carbocycles. The lowest BCUT2D eigenvalue weighted by atomic mass is 10.0. The third kappa shape index (κ3) is 6.07. The summed E-state index contributed by atoms with van der Waals surface area (Å²) < 4.78 is 13.0. The van der Waals surface area contributed by atoms with Crippen LogP contribution in [-0.4, -0.2) is 54.0 Å². The van der Waals surface area contributed by atoms with Crippen LogP contribution in [0.5, 0.6) is 0 Å². The number of carbonyl (C=O) groups is 3. The number of benzene rings is 2. The molecule has 0 bridgehead atoms. The molecule has 2 aliphatic heterocycles. The number of anilines is 1. The maximum Gasteiger partial charge on any atom is 0.319 e. The van der Waals surface area contributed by atoms with Crippen LogP contribution in [0.1, 0.15) is 24.8 Å². The highest BCUT2D eigenvalue weighted by molar-refractivity contribution is 5.89. The molecule has 0 radical (unpaired) electrons. The molecular weight excluding hydrogens is 425 g/mol. The fourth-order valence-electron chi connectivity index (χ4n) is 4.41. The number of rotatable bonds is 7. The molecule has 2 heterocycles. The standard InChI is InChI=1S/C24H28FN5O3/c25-17-8-6-16(7-9-17)13-26-22(31)11-10-20-14-27-23(32)21-12-19(15-30(20)21)29-24(33)28-18-4-2-1-3-5-18/h1-9,19-21H,10-15H2,(H,26,31)(H,27,32)(H2,28,29,33). The summed E-state index contributed by atoms with van der Waals surface area (Å²) in [7, 11) is 0. The fraction of sp³-hybridized carbons (Fsp3) is 0.375. The van der Waals surface area contributed by atoms with Gasteiger partial charge in [0, 0.05) is 43.8 Å². The summed E-state index contributed by atoms with van der Waals surface area (Å²) in [4.78, 5) is 39.1.